The zero-order valence-electron chi connectivity index (χ0n) is 33.1. The summed E-state index contributed by atoms with van der Waals surface area (Å²) in [7, 11) is 0. The van der Waals surface area contributed by atoms with Gasteiger partial charge in [-0.1, -0.05) is 182 Å². The van der Waals surface area contributed by atoms with E-state index >= 15 is 0 Å². The van der Waals surface area contributed by atoms with Crippen LogP contribution in [0.2, 0.25) is 0 Å². The van der Waals surface area contributed by atoms with Gasteiger partial charge in [0.15, 0.2) is 5.82 Å². The number of aromatic nitrogens is 5. The van der Waals surface area contributed by atoms with Gasteiger partial charge in [0.2, 0.25) is 0 Å². The van der Waals surface area contributed by atoms with Gasteiger partial charge in [-0.05, 0) is 51.6 Å². The summed E-state index contributed by atoms with van der Waals surface area (Å²) in [4.78, 5) is 15.6. The van der Waals surface area contributed by atoms with Crippen molar-refractivity contribution in [3.63, 3.8) is 0 Å². The van der Waals surface area contributed by atoms with Gasteiger partial charge in [0.25, 0.3) is 0 Å². The molecule has 0 saturated heterocycles. The molecule has 0 atom stereocenters. The number of hydrogen-bond acceptors (Lipinski definition) is 3. The van der Waals surface area contributed by atoms with Crippen molar-refractivity contribution in [2.75, 3.05) is 0 Å². The molecule has 0 aliphatic rings. The first-order valence-corrected chi connectivity index (χ1v) is 20.7. The van der Waals surface area contributed by atoms with Crippen LogP contribution in [-0.4, -0.2) is 24.1 Å². The molecule has 0 bridgehead atoms. The topological polar surface area (TPSA) is 48.5 Å². The van der Waals surface area contributed by atoms with E-state index in [1.807, 2.05) is 0 Å². The predicted octanol–water partition coefficient (Wildman–Crippen LogP) is 12.7. The van der Waals surface area contributed by atoms with Crippen LogP contribution in [0, 0.1) is 0 Å². The number of rotatable bonds is 10. The summed E-state index contributed by atoms with van der Waals surface area (Å²) in [5.74, 6) is 2.30. The molecule has 60 heavy (non-hydrogen) atoms. The summed E-state index contributed by atoms with van der Waals surface area (Å²) in [5.41, 5.74) is 13.2. The fraction of sp³-hybridized carbons (Fsp3) is 0.0727. The Balaban J connectivity index is 1.03. The minimum absolute atomic E-state index is 0.511. The van der Waals surface area contributed by atoms with Crippen molar-refractivity contribution in [2.45, 2.75) is 25.9 Å². The first-order valence-electron chi connectivity index (χ1n) is 20.7. The predicted molar refractivity (Wildman–Crippen MR) is 246 cm³/mol. The van der Waals surface area contributed by atoms with Crippen LogP contribution < -0.4 is 0 Å². The molecule has 0 aliphatic carbocycles. The Labute approximate surface area is 348 Å². The molecule has 8 aromatic carbocycles. The second-order valence-electron chi connectivity index (χ2n) is 15.6. The van der Waals surface area contributed by atoms with Gasteiger partial charge >= 0.3 is 0 Å². The Morgan fingerprint density at radius 1 is 0.333 bits per heavy atom. The maximum absolute atomic E-state index is 5.28. The molecular weight excluding hydrogens is 731 g/mol. The zero-order valence-corrected chi connectivity index (χ0v) is 33.1. The van der Waals surface area contributed by atoms with E-state index in [9.17, 15) is 0 Å². The molecule has 3 heterocycles. The minimum Gasteiger partial charge on any atom is -0.336 e. The smallest absolute Gasteiger partial charge is 0.152 e. The number of fused-ring (bicyclic) bond motifs is 6. The molecule has 3 aromatic heterocycles. The Morgan fingerprint density at radius 2 is 0.817 bits per heavy atom. The van der Waals surface area contributed by atoms with Gasteiger partial charge < -0.3 is 9.13 Å². The van der Waals surface area contributed by atoms with Gasteiger partial charge in [-0.15, -0.1) is 0 Å². The second kappa shape index (κ2) is 15.3. The summed E-state index contributed by atoms with van der Waals surface area (Å²) in [6.07, 6.45) is 1.20. The molecule has 5 nitrogen and oxygen atoms in total. The van der Waals surface area contributed by atoms with Crippen LogP contribution in [0.25, 0.3) is 65.9 Å². The van der Waals surface area contributed by atoms with Crippen LogP contribution in [0.15, 0.2) is 200 Å². The zero-order chi connectivity index (χ0) is 39.8. The molecule has 0 aliphatic heterocycles. The molecule has 0 amide bonds. The third kappa shape index (κ3) is 6.60. The van der Waals surface area contributed by atoms with E-state index in [1.54, 1.807) is 0 Å². The maximum Gasteiger partial charge on any atom is 0.152 e. The summed E-state index contributed by atoms with van der Waals surface area (Å²) in [6.45, 7) is 1.24. The van der Waals surface area contributed by atoms with Gasteiger partial charge in [0.05, 0.1) is 12.1 Å². The molecule has 0 N–H and O–H groups in total. The van der Waals surface area contributed by atoms with Gasteiger partial charge in [0, 0.05) is 63.0 Å². The molecule has 0 saturated carbocycles. The van der Waals surface area contributed by atoms with Crippen molar-refractivity contribution in [1.29, 1.82) is 0 Å². The van der Waals surface area contributed by atoms with Crippen LogP contribution in [0.3, 0.4) is 0 Å². The molecular formula is C55H41N5. The quantitative estimate of drug-likeness (QED) is 0.139. The SMILES string of the molecule is c1ccc(Cc2nc(Cc3ccc(-c4ccccc4)c(Cn4c5ccccc5c5ccccc54)c3)nc(Cn3c4ccccc4c4cccc(-c5ccccc5)c43)n2)cc1. The van der Waals surface area contributed by atoms with Crippen LogP contribution in [0.1, 0.15) is 34.2 Å². The van der Waals surface area contributed by atoms with E-state index in [0.29, 0.717) is 19.4 Å². The lowest BCUT2D eigenvalue weighted by atomic mass is 9.96. The largest absolute Gasteiger partial charge is 0.336 e. The van der Waals surface area contributed by atoms with Gasteiger partial charge in [-0.3, -0.25) is 0 Å². The molecule has 0 radical (unpaired) electrons. The third-order valence-electron chi connectivity index (χ3n) is 11.8. The molecule has 5 heteroatoms. The van der Waals surface area contributed by atoms with Crippen LogP contribution >= 0.6 is 0 Å². The lowest BCUT2D eigenvalue weighted by Crippen LogP contribution is -2.12. The van der Waals surface area contributed by atoms with E-state index in [2.05, 4.69) is 209 Å². The van der Waals surface area contributed by atoms with E-state index < -0.39 is 0 Å². The fourth-order valence-corrected chi connectivity index (χ4v) is 9.11. The standard InChI is InChI=1S/C55H41N5/c1-4-17-38(18-5-1)34-52-56-53(58-54(57-52)37-60-51-30-15-12-25-47(51)48-27-16-26-44(55(48)60)41-21-8-3-9-22-41)35-39-31-32-43(40-19-6-2-7-20-40)42(33-39)36-59-49-28-13-10-23-45(49)46-24-11-14-29-50(46)59/h1-33H,34-37H2. The van der Waals surface area contributed by atoms with E-state index in [4.69, 9.17) is 15.0 Å². The minimum atomic E-state index is 0.511. The van der Waals surface area contributed by atoms with Crippen molar-refractivity contribution in [3.8, 4) is 22.3 Å². The molecule has 11 aromatic rings. The van der Waals surface area contributed by atoms with Crippen LogP contribution in [-0.2, 0) is 25.9 Å². The normalized spacial score (nSPS) is 11.6. The fourth-order valence-electron chi connectivity index (χ4n) is 9.11. The highest BCUT2D eigenvalue weighted by molar-refractivity contribution is 6.12. The van der Waals surface area contributed by atoms with E-state index in [0.717, 1.165) is 35.1 Å². The molecule has 0 unspecified atom stereocenters. The van der Waals surface area contributed by atoms with Gasteiger partial charge in [0.1, 0.15) is 11.6 Å². The highest BCUT2D eigenvalue weighted by atomic mass is 15.1. The number of para-hydroxylation sites is 4. The Bertz CT molecular complexity index is 3260. The lowest BCUT2D eigenvalue weighted by molar-refractivity contribution is 0.732. The molecule has 0 spiro atoms. The summed E-state index contributed by atoms with van der Waals surface area (Å²) in [5, 5.41) is 4.99. The monoisotopic (exact) mass is 771 g/mol. The van der Waals surface area contributed by atoms with Crippen molar-refractivity contribution in [2.24, 2.45) is 0 Å². The summed E-state index contributed by atoms with van der Waals surface area (Å²) in [6, 6.07) is 71.6. The van der Waals surface area contributed by atoms with Crippen LogP contribution in [0.5, 0.6) is 0 Å². The number of hydrogen-bond donors (Lipinski definition) is 0. The van der Waals surface area contributed by atoms with E-state index in [-0.39, 0.29) is 0 Å². The average molecular weight is 772 g/mol. The summed E-state index contributed by atoms with van der Waals surface area (Å²) >= 11 is 0. The van der Waals surface area contributed by atoms with Crippen molar-refractivity contribution in [3.05, 3.63) is 234 Å². The first-order chi connectivity index (χ1) is 29.7. The Kier molecular flexibility index (Phi) is 9.04. The first kappa shape index (κ1) is 35.5. The molecule has 11 rings (SSSR count). The second-order valence-corrected chi connectivity index (χ2v) is 15.6. The number of nitrogens with zero attached hydrogens (tertiary/aromatic N) is 5. The molecule has 0 fully saturated rings. The van der Waals surface area contributed by atoms with E-state index in [1.165, 1.54) is 71.5 Å². The van der Waals surface area contributed by atoms with Crippen molar-refractivity contribution < 1.29 is 0 Å². The highest BCUT2D eigenvalue weighted by Gasteiger charge is 2.19. The Morgan fingerprint density at radius 3 is 1.45 bits per heavy atom. The van der Waals surface area contributed by atoms with Crippen molar-refractivity contribution >= 4 is 43.6 Å². The summed E-state index contributed by atoms with van der Waals surface area (Å²) < 4.78 is 4.86. The third-order valence-corrected chi connectivity index (χ3v) is 11.8. The van der Waals surface area contributed by atoms with Gasteiger partial charge in [-0.2, -0.15) is 0 Å². The maximum atomic E-state index is 5.28. The van der Waals surface area contributed by atoms with Gasteiger partial charge in [-0.25, -0.2) is 15.0 Å². The number of benzene rings is 8. The van der Waals surface area contributed by atoms with Crippen LogP contribution in [0.4, 0.5) is 0 Å². The Hall–Kier alpha value is -7.63. The highest BCUT2D eigenvalue weighted by Crippen LogP contribution is 2.37. The van der Waals surface area contributed by atoms with Crippen molar-refractivity contribution in [1.82, 2.24) is 24.1 Å². The average Bonchev–Trinajstić information content (AvgIpc) is 3.79. The lowest BCUT2D eigenvalue weighted by Gasteiger charge is -2.16. The molecule has 286 valence electrons.